The van der Waals surface area contributed by atoms with Gasteiger partial charge in [-0.25, -0.2) is 4.79 Å². The van der Waals surface area contributed by atoms with Crippen molar-refractivity contribution >= 4 is 23.6 Å². The highest BCUT2D eigenvalue weighted by atomic mass is 16.6. The van der Waals surface area contributed by atoms with Gasteiger partial charge in [0, 0.05) is 12.2 Å². The molecule has 0 radical (unpaired) electrons. The normalized spacial score (nSPS) is 12.9. The zero-order chi connectivity index (χ0) is 31.3. The van der Waals surface area contributed by atoms with Crippen LogP contribution in [0.1, 0.15) is 109 Å². The Morgan fingerprint density at radius 3 is 2.05 bits per heavy atom. The summed E-state index contributed by atoms with van der Waals surface area (Å²) in [6.45, 7) is 15.9. The molecule has 232 valence electrons. The van der Waals surface area contributed by atoms with E-state index in [0.717, 1.165) is 48.8 Å². The zero-order valence-corrected chi connectivity index (χ0v) is 27.1. The van der Waals surface area contributed by atoms with Crippen molar-refractivity contribution in [3.8, 4) is 0 Å². The van der Waals surface area contributed by atoms with E-state index in [0.29, 0.717) is 18.7 Å². The molecule has 2 N–H and O–H groups in total. The molecule has 3 amide bonds. The summed E-state index contributed by atoms with van der Waals surface area (Å²) in [5, 5.41) is 5.93. The molecule has 0 spiro atoms. The minimum Gasteiger partial charge on any atom is -0.444 e. The Morgan fingerprint density at radius 2 is 1.45 bits per heavy atom. The van der Waals surface area contributed by atoms with Crippen LogP contribution >= 0.6 is 0 Å². The number of hydrogen-bond acceptors (Lipinski definition) is 4. The van der Waals surface area contributed by atoms with Crippen LogP contribution in [0.15, 0.2) is 48.5 Å². The number of rotatable bonds is 15. The molecule has 0 aliphatic carbocycles. The first-order chi connectivity index (χ1) is 19.8. The van der Waals surface area contributed by atoms with Crippen molar-refractivity contribution in [2.75, 3.05) is 11.9 Å². The molecular weight excluding hydrogens is 526 g/mol. The van der Waals surface area contributed by atoms with E-state index < -0.39 is 23.8 Å². The predicted octanol–water partition coefficient (Wildman–Crippen LogP) is 8.11. The fourth-order valence-corrected chi connectivity index (χ4v) is 5.03. The monoisotopic (exact) mass is 579 g/mol. The maximum atomic E-state index is 14.5. The largest absolute Gasteiger partial charge is 0.444 e. The Kier molecular flexibility index (Phi) is 14.1. The summed E-state index contributed by atoms with van der Waals surface area (Å²) in [6, 6.07) is 13.6. The number of amides is 3. The number of hydrogen-bond donors (Lipinski definition) is 2. The van der Waals surface area contributed by atoms with E-state index in [1.807, 2.05) is 76.2 Å². The van der Waals surface area contributed by atoms with Crippen LogP contribution in [0.25, 0.3) is 0 Å². The predicted molar refractivity (Wildman–Crippen MR) is 171 cm³/mol. The van der Waals surface area contributed by atoms with Gasteiger partial charge < -0.3 is 20.3 Å². The van der Waals surface area contributed by atoms with Gasteiger partial charge in [0.15, 0.2) is 0 Å². The maximum absolute atomic E-state index is 14.5. The van der Waals surface area contributed by atoms with E-state index in [-0.39, 0.29) is 17.7 Å². The summed E-state index contributed by atoms with van der Waals surface area (Å²) in [5.41, 5.74) is 2.63. The Labute approximate surface area is 253 Å². The molecule has 0 aliphatic heterocycles. The number of aryl methyl sites for hydroxylation is 2. The number of carbonyl (C=O) groups is 3. The van der Waals surface area contributed by atoms with Crippen molar-refractivity contribution in [2.45, 2.75) is 118 Å². The molecule has 2 unspecified atom stereocenters. The summed E-state index contributed by atoms with van der Waals surface area (Å²) >= 11 is 0. The lowest BCUT2D eigenvalue weighted by Crippen LogP contribution is -2.53. The lowest BCUT2D eigenvalue weighted by Gasteiger charge is -2.35. The molecule has 0 heterocycles. The van der Waals surface area contributed by atoms with Crippen molar-refractivity contribution in [3.05, 3.63) is 65.2 Å². The SMILES string of the molecule is CCCCCCCCN(C(=O)C(CC(C)C)NC(=O)OC(C)(C)C)C(C(=O)Nc1ccccc1C)c1ccccc1C. The van der Waals surface area contributed by atoms with Crippen LogP contribution in [0.2, 0.25) is 0 Å². The van der Waals surface area contributed by atoms with E-state index in [1.165, 1.54) is 6.42 Å². The quantitative estimate of drug-likeness (QED) is 0.209. The standard InChI is InChI=1S/C35H53N3O4/c1-9-10-11-12-13-18-23-38(33(40)30(24-25(2)3)37-34(41)42-35(6,7)8)31(28-21-16-14-19-26(28)4)32(39)36-29-22-17-15-20-27(29)5/h14-17,19-22,25,30-31H,9-13,18,23-24H2,1-8H3,(H,36,39)(H,37,41). The molecule has 42 heavy (non-hydrogen) atoms. The van der Waals surface area contributed by atoms with Gasteiger partial charge in [-0.3, -0.25) is 9.59 Å². The van der Waals surface area contributed by atoms with Crippen LogP contribution in [0.3, 0.4) is 0 Å². The fraction of sp³-hybridized carbons (Fsp3) is 0.571. The van der Waals surface area contributed by atoms with Crippen molar-refractivity contribution in [1.82, 2.24) is 10.2 Å². The third kappa shape index (κ3) is 11.5. The number of alkyl carbamates (subject to hydrolysis) is 1. The number of benzene rings is 2. The molecule has 0 fully saturated rings. The molecule has 2 atom stereocenters. The molecule has 0 saturated carbocycles. The second-order valence-corrected chi connectivity index (χ2v) is 12.7. The van der Waals surface area contributed by atoms with Crippen LogP contribution in [-0.4, -0.2) is 41.0 Å². The van der Waals surface area contributed by atoms with Gasteiger partial charge in [0.2, 0.25) is 5.91 Å². The number of para-hydroxylation sites is 1. The fourth-order valence-electron chi connectivity index (χ4n) is 5.03. The topological polar surface area (TPSA) is 87.7 Å². The Balaban J connectivity index is 2.53. The number of ether oxygens (including phenoxy) is 1. The maximum Gasteiger partial charge on any atom is 0.408 e. The Morgan fingerprint density at radius 1 is 0.857 bits per heavy atom. The molecule has 2 aromatic rings. The van der Waals surface area contributed by atoms with Crippen LogP contribution in [0.5, 0.6) is 0 Å². The third-order valence-electron chi connectivity index (χ3n) is 7.18. The second-order valence-electron chi connectivity index (χ2n) is 12.7. The summed E-state index contributed by atoms with van der Waals surface area (Å²) in [7, 11) is 0. The summed E-state index contributed by atoms with van der Waals surface area (Å²) in [6.07, 6.45) is 6.06. The van der Waals surface area contributed by atoms with Crippen molar-refractivity contribution in [3.63, 3.8) is 0 Å². The number of carbonyl (C=O) groups excluding carboxylic acids is 3. The van der Waals surface area contributed by atoms with Crippen LogP contribution < -0.4 is 10.6 Å². The zero-order valence-electron chi connectivity index (χ0n) is 27.1. The van der Waals surface area contributed by atoms with E-state index >= 15 is 0 Å². The van der Waals surface area contributed by atoms with Crippen molar-refractivity contribution in [1.29, 1.82) is 0 Å². The van der Waals surface area contributed by atoms with E-state index in [9.17, 15) is 14.4 Å². The van der Waals surface area contributed by atoms with E-state index in [2.05, 4.69) is 17.6 Å². The van der Waals surface area contributed by atoms with Gasteiger partial charge in [-0.05, 0) is 76.1 Å². The Hall–Kier alpha value is -3.35. The first-order valence-electron chi connectivity index (χ1n) is 15.6. The molecular formula is C35H53N3O4. The second kappa shape index (κ2) is 16.9. The lowest BCUT2D eigenvalue weighted by molar-refractivity contribution is -0.141. The Bertz CT molecular complexity index is 1150. The minimum atomic E-state index is -0.871. The molecule has 7 nitrogen and oxygen atoms in total. The summed E-state index contributed by atoms with van der Waals surface area (Å²) in [4.78, 5) is 43.2. The van der Waals surface area contributed by atoms with Gasteiger partial charge in [-0.1, -0.05) is 95.3 Å². The number of unbranched alkanes of at least 4 members (excludes halogenated alkanes) is 5. The molecule has 0 saturated heterocycles. The third-order valence-corrected chi connectivity index (χ3v) is 7.18. The number of nitrogens with one attached hydrogen (secondary N) is 2. The molecule has 7 heteroatoms. The average molecular weight is 580 g/mol. The molecule has 0 bridgehead atoms. The van der Waals surface area contributed by atoms with Gasteiger partial charge in [0.1, 0.15) is 17.7 Å². The first-order valence-corrected chi connectivity index (χ1v) is 15.6. The van der Waals surface area contributed by atoms with Crippen molar-refractivity contribution < 1.29 is 19.1 Å². The van der Waals surface area contributed by atoms with Gasteiger partial charge in [0.25, 0.3) is 5.91 Å². The molecule has 2 aromatic carbocycles. The molecule has 0 aliphatic rings. The smallest absolute Gasteiger partial charge is 0.408 e. The molecule has 0 aromatic heterocycles. The first kappa shape index (κ1) is 34.8. The highest BCUT2D eigenvalue weighted by Gasteiger charge is 2.37. The van der Waals surface area contributed by atoms with Gasteiger partial charge >= 0.3 is 6.09 Å². The van der Waals surface area contributed by atoms with Crippen molar-refractivity contribution in [2.24, 2.45) is 5.92 Å². The minimum absolute atomic E-state index is 0.127. The van der Waals surface area contributed by atoms with E-state index in [4.69, 9.17) is 4.74 Å². The van der Waals surface area contributed by atoms with Gasteiger partial charge in [-0.15, -0.1) is 0 Å². The number of nitrogens with zero attached hydrogens (tertiary/aromatic N) is 1. The van der Waals surface area contributed by atoms with Gasteiger partial charge in [0.05, 0.1) is 0 Å². The van der Waals surface area contributed by atoms with E-state index in [1.54, 1.807) is 25.7 Å². The number of anilines is 1. The highest BCUT2D eigenvalue weighted by molar-refractivity contribution is 5.99. The van der Waals surface area contributed by atoms with Crippen LogP contribution in [-0.2, 0) is 14.3 Å². The van der Waals surface area contributed by atoms with Crippen LogP contribution in [0, 0.1) is 19.8 Å². The lowest BCUT2D eigenvalue weighted by atomic mass is 9.96. The summed E-state index contributed by atoms with van der Waals surface area (Å²) < 4.78 is 5.52. The summed E-state index contributed by atoms with van der Waals surface area (Å²) in [5.74, 6) is -0.433. The average Bonchev–Trinajstić information content (AvgIpc) is 2.90. The molecule has 2 rings (SSSR count). The van der Waals surface area contributed by atoms with Crippen LogP contribution in [0.4, 0.5) is 10.5 Å². The highest BCUT2D eigenvalue weighted by Crippen LogP contribution is 2.29. The van der Waals surface area contributed by atoms with Gasteiger partial charge in [-0.2, -0.15) is 0 Å².